The van der Waals surface area contributed by atoms with E-state index in [2.05, 4.69) is 26.0 Å². The third-order valence-electron chi connectivity index (χ3n) is 10.8. The molecule has 0 amide bonds. The van der Waals surface area contributed by atoms with Crippen LogP contribution in [0.15, 0.2) is 58.7 Å². The Balaban J connectivity index is 1.57. The molecule has 5 rings (SSSR count). The molecule has 9 heteroatoms. The monoisotopic (exact) mass is 654 g/mol. The van der Waals surface area contributed by atoms with E-state index in [0.29, 0.717) is 42.7 Å². The topological polar surface area (TPSA) is 121 Å². The van der Waals surface area contributed by atoms with Gasteiger partial charge in [0, 0.05) is 25.2 Å². The Morgan fingerprint density at radius 2 is 1.89 bits per heavy atom. The maximum atomic E-state index is 14.1. The molecule has 0 aromatic rings. The first-order chi connectivity index (χ1) is 22.2. The van der Waals surface area contributed by atoms with Crippen LogP contribution in [0.2, 0.25) is 0 Å². The van der Waals surface area contributed by atoms with Gasteiger partial charge in [0.1, 0.15) is 35.9 Å². The number of hydrogen-bond donors (Lipinski definition) is 2. The molecule has 3 saturated heterocycles. The summed E-state index contributed by atoms with van der Waals surface area (Å²) in [6, 6.07) is 0. The first kappa shape index (κ1) is 35.7. The molecular weight excluding hydrogens is 600 g/mol. The minimum atomic E-state index is -1.80. The number of rotatable bonds is 3. The molecule has 5 aliphatic rings. The molecule has 2 bridgehead atoms. The molecule has 11 atom stereocenters. The quantitative estimate of drug-likeness (QED) is 0.294. The fraction of sp³-hybridized carbons (Fsp3) is 0.684. The van der Waals surface area contributed by atoms with Crippen molar-refractivity contribution in [1.29, 1.82) is 0 Å². The standard InChI is InChI=1S/C38H54O9/c1-9-22(4)33-25(7)15-16-37(47-33)19-29-18-28(46-37)14-13-24(6)32(45-35(40)21(2)3)23(5)11-10-12-27-20-43-34-31(39)26(8)17-30(36(41)44-29)38(27,34)42/h9-13,17,21,23,25,28-34,39,42H,14-16,18-20H2,1-8H3. The molecule has 0 aromatic heterocycles. The zero-order valence-corrected chi connectivity index (χ0v) is 29.2. The van der Waals surface area contributed by atoms with E-state index in [-0.39, 0.29) is 36.6 Å². The van der Waals surface area contributed by atoms with Crippen LogP contribution in [0.1, 0.15) is 87.5 Å². The van der Waals surface area contributed by atoms with Crippen molar-refractivity contribution in [3.05, 3.63) is 58.7 Å². The van der Waals surface area contributed by atoms with Crippen LogP contribution >= 0.6 is 0 Å². The van der Waals surface area contributed by atoms with Gasteiger partial charge in [0.05, 0.1) is 24.7 Å². The van der Waals surface area contributed by atoms with E-state index < -0.39 is 47.7 Å². The molecule has 4 aliphatic heterocycles. The average Bonchev–Trinajstić information content (AvgIpc) is 3.37. The summed E-state index contributed by atoms with van der Waals surface area (Å²) in [5.41, 5.74) is 1.25. The van der Waals surface area contributed by atoms with Crippen molar-refractivity contribution in [3.63, 3.8) is 0 Å². The highest BCUT2D eigenvalue weighted by atomic mass is 16.7. The van der Waals surface area contributed by atoms with E-state index in [1.807, 2.05) is 40.7 Å². The van der Waals surface area contributed by atoms with Gasteiger partial charge in [-0.25, -0.2) is 0 Å². The zero-order chi connectivity index (χ0) is 34.3. The van der Waals surface area contributed by atoms with Gasteiger partial charge in [0.2, 0.25) is 0 Å². The predicted octanol–water partition coefficient (Wildman–Crippen LogP) is 5.66. The second kappa shape index (κ2) is 14.1. The van der Waals surface area contributed by atoms with Gasteiger partial charge in [0.15, 0.2) is 5.79 Å². The van der Waals surface area contributed by atoms with Crippen molar-refractivity contribution >= 4 is 11.9 Å². The Bertz CT molecular complexity index is 1360. The molecule has 9 nitrogen and oxygen atoms in total. The first-order valence-electron chi connectivity index (χ1n) is 17.3. The smallest absolute Gasteiger partial charge is 0.316 e. The molecular formula is C38H54O9. The van der Waals surface area contributed by atoms with Gasteiger partial charge in [-0.3, -0.25) is 9.59 Å². The minimum Gasteiger partial charge on any atom is -0.462 e. The first-order valence-corrected chi connectivity index (χ1v) is 17.3. The van der Waals surface area contributed by atoms with Crippen LogP contribution in [0.3, 0.4) is 0 Å². The lowest BCUT2D eigenvalue weighted by molar-refractivity contribution is -0.329. The molecule has 11 unspecified atom stereocenters. The van der Waals surface area contributed by atoms with Crippen molar-refractivity contribution in [2.45, 2.75) is 136 Å². The summed E-state index contributed by atoms with van der Waals surface area (Å²) < 4.78 is 31.9. The number of ether oxygens (including phenoxy) is 5. The van der Waals surface area contributed by atoms with Gasteiger partial charge in [-0.1, -0.05) is 64.2 Å². The molecule has 4 heterocycles. The van der Waals surface area contributed by atoms with E-state index in [1.54, 1.807) is 25.2 Å². The third-order valence-corrected chi connectivity index (χ3v) is 10.8. The fourth-order valence-electron chi connectivity index (χ4n) is 7.77. The lowest BCUT2D eigenvalue weighted by atomic mass is 9.71. The van der Waals surface area contributed by atoms with E-state index in [4.69, 9.17) is 23.7 Å². The van der Waals surface area contributed by atoms with Crippen molar-refractivity contribution in [2.24, 2.45) is 23.7 Å². The maximum absolute atomic E-state index is 14.1. The number of esters is 2. The second-order valence-electron chi connectivity index (χ2n) is 14.8. The van der Waals surface area contributed by atoms with Crippen molar-refractivity contribution in [3.8, 4) is 0 Å². The maximum Gasteiger partial charge on any atom is 0.316 e. The number of allylic oxidation sites excluding steroid dienone is 3. The predicted molar refractivity (Wildman–Crippen MR) is 177 cm³/mol. The van der Waals surface area contributed by atoms with Crippen LogP contribution in [-0.2, 0) is 33.3 Å². The van der Waals surface area contributed by atoms with Crippen LogP contribution in [0.4, 0.5) is 0 Å². The molecule has 1 spiro atoms. The van der Waals surface area contributed by atoms with Gasteiger partial charge in [0.25, 0.3) is 0 Å². The molecule has 0 saturated carbocycles. The summed E-state index contributed by atoms with van der Waals surface area (Å²) >= 11 is 0. The normalized spacial score (nSPS) is 41.5. The Kier molecular flexibility index (Phi) is 10.7. The van der Waals surface area contributed by atoms with Crippen LogP contribution in [0.25, 0.3) is 0 Å². The Labute approximate surface area is 279 Å². The van der Waals surface area contributed by atoms with Gasteiger partial charge < -0.3 is 33.9 Å². The van der Waals surface area contributed by atoms with Crippen molar-refractivity contribution < 1.29 is 43.5 Å². The van der Waals surface area contributed by atoms with Crippen LogP contribution < -0.4 is 0 Å². The van der Waals surface area contributed by atoms with Gasteiger partial charge in [-0.15, -0.1) is 0 Å². The molecule has 1 aliphatic carbocycles. The van der Waals surface area contributed by atoms with E-state index in [9.17, 15) is 19.8 Å². The van der Waals surface area contributed by atoms with E-state index in [0.717, 1.165) is 17.6 Å². The van der Waals surface area contributed by atoms with Crippen LogP contribution in [0.5, 0.6) is 0 Å². The lowest BCUT2D eigenvalue weighted by Crippen LogP contribution is -2.58. The highest BCUT2D eigenvalue weighted by molar-refractivity contribution is 5.78. The zero-order valence-electron chi connectivity index (χ0n) is 29.2. The van der Waals surface area contributed by atoms with Crippen molar-refractivity contribution in [2.75, 3.05) is 6.61 Å². The molecule has 47 heavy (non-hydrogen) atoms. The van der Waals surface area contributed by atoms with E-state index >= 15 is 0 Å². The largest absolute Gasteiger partial charge is 0.462 e. The number of carbonyl (C=O) groups is 2. The Morgan fingerprint density at radius 3 is 2.60 bits per heavy atom. The summed E-state index contributed by atoms with van der Waals surface area (Å²) in [5, 5.41) is 23.3. The fourth-order valence-corrected chi connectivity index (χ4v) is 7.77. The average molecular weight is 655 g/mol. The van der Waals surface area contributed by atoms with Gasteiger partial charge in [-0.2, -0.15) is 0 Å². The Hall–Kier alpha value is -2.56. The lowest BCUT2D eigenvalue weighted by Gasteiger charge is -2.50. The van der Waals surface area contributed by atoms with E-state index in [1.165, 1.54) is 0 Å². The summed E-state index contributed by atoms with van der Waals surface area (Å²) in [7, 11) is 0. The number of carbonyl (C=O) groups excluding carboxylic acids is 2. The SMILES string of the molecule is CC=C(C)C1OC2(CCC1C)CC1CC(CC=C(C)C(OC(=O)C(C)C)C(C)C=CC=C3COC4C(O)C(C)=CC(C(=O)O1)C34O)O2. The second-order valence-corrected chi connectivity index (χ2v) is 14.8. The highest BCUT2D eigenvalue weighted by Crippen LogP contribution is 2.47. The summed E-state index contributed by atoms with van der Waals surface area (Å²) in [5.74, 6) is -3.06. The van der Waals surface area contributed by atoms with Gasteiger partial charge in [-0.05, 0) is 68.7 Å². The molecule has 260 valence electrons. The number of aliphatic hydroxyl groups excluding tert-OH is 1. The number of fused-ring (bicyclic) bond motifs is 2. The summed E-state index contributed by atoms with van der Waals surface area (Å²) in [4.78, 5) is 26.9. The van der Waals surface area contributed by atoms with Crippen LogP contribution in [0, 0.1) is 23.7 Å². The molecule has 0 radical (unpaired) electrons. The third kappa shape index (κ3) is 7.11. The highest BCUT2D eigenvalue weighted by Gasteiger charge is 2.60. The van der Waals surface area contributed by atoms with Crippen molar-refractivity contribution in [1.82, 2.24) is 0 Å². The van der Waals surface area contributed by atoms with Gasteiger partial charge >= 0.3 is 11.9 Å². The number of hydrogen-bond acceptors (Lipinski definition) is 9. The van der Waals surface area contributed by atoms with Crippen LogP contribution in [-0.4, -0.2) is 76.8 Å². The Morgan fingerprint density at radius 1 is 1.15 bits per heavy atom. The summed E-state index contributed by atoms with van der Waals surface area (Å²) in [6.07, 6.45) is 10.5. The minimum absolute atomic E-state index is 0.0483. The molecule has 2 N–H and O–H groups in total. The summed E-state index contributed by atoms with van der Waals surface area (Å²) in [6.45, 7) is 15.6. The molecule has 0 aromatic carbocycles. The number of aliphatic hydroxyl groups is 2. The molecule has 3 fully saturated rings.